The van der Waals surface area contributed by atoms with E-state index in [4.69, 9.17) is 14.4 Å². The van der Waals surface area contributed by atoms with Crippen molar-refractivity contribution in [1.29, 1.82) is 5.26 Å². The SMILES string of the molecule is C=CCOC(=O)/C(C#N)=C/c1ccc(-c2ccccc2F)o1. The van der Waals surface area contributed by atoms with E-state index in [0.717, 1.165) is 0 Å². The van der Waals surface area contributed by atoms with Crippen LogP contribution in [-0.2, 0) is 9.53 Å². The summed E-state index contributed by atoms with van der Waals surface area (Å²) in [4.78, 5) is 11.6. The molecule has 22 heavy (non-hydrogen) atoms. The molecule has 0 unspecified atom stereocenters. The summed E-state index contributed by atoms with van der Waals surface area (Å²) < 4.78 is 23.9. The fraction of sp³-hybridized carbons (Fsp3) is 0.0588. The zero-order valence-electron chi connectivity index (χ0n) is 11.6. The third kappa shape index (κ3) is 3.49. The van der Waals surface area contributed by atoms with E-state index in [1.165, 1.54) is 18.2 Å². The Balaban J connectivity index is 2.26. The minimum atomic E-state index is -0.772. The molecule has 2 aromatic rings. The van der Waals surface area contributed by atoms with Crippen LogP contribution in [0.4, 0.5) is 4.39 Å². The van der Waals surface area contributed by atoms with Crippen molar-refractivity contribution in [3.05, 3.63) is 66.2 Å². The van der Waals surface area contributed by atoms with E-state index >= 15 is 0 Å². The number of carbonyl (C=O) groups excluding carboxylic acids is 1. The first kappa shape index (κ1) is 15.3. The third-order valence-corrected chi connectivity index (χ3v) is 2.73. The lowest BCUT2D eigenvalue weighted by molar-refractivity contribution is -0.137. The highest BCUT2D eigenvalue weighted by Crippen LogP contribution is 2.25. The van der Waals surface area contributed by atoms with Gasteiger partial charge in [0, 0.05) is 6.08 Å². The van der Waals surface area contributed by atoms with Crippen molar-refractivity contribution < 1.29 is 18.3 Å². The van der Waals surface area contributed by atoms with E-state index in [0.29, 0.717) is 11.3 Å². The van der Waals surface area contributed by atoms with Crippen molar-refractivity contribution in [2.45, 2.75) is 0 Å². The molecule has 1 heterocycles. The number of carbonyl (C=O) groups is 1. The van der Waals surface area contributed by atoms with Gasteiger partial charge in [-0.05, 0) is 24.3 Å². The summed E-state index contributed by atoms with van der Waals surface area (Å²) in [5.74, 6) is -0.629. The Kier molecular flexibility index (Phi) is 4.89. The Morgan fingerprint density at radius 3 is 2.82 bits per heavy atom. The van der Waals surface area contributed by atoms with Gasteiger partial charge in [-0.1, -0.05) is 24.8 Å². The number of ether oxygens (including phenoxy) is 1. The van der Waals surface area contributed by atoms with Gasteiger partial charge < -0.3 is 9.15 Å². The zero-order valence-corrected chi connectivity index (χ0v) is 11.6. The van der Waals surface area contributed by atoms with Crippen LogP contribution in [0.2, 0.25) is 0 Å². The molecule has 5 heteroatoms. The first-order chi connectivity index (χ1) is 10.7. The lowest BCUT2D eigenvalue weighted by Crippen LogP contribution is -2.06. The average Bonchev–Trinajstić information content (AvgIpc) is 2.99. The molecule has 0 fully saturated rings. The van der Waals surface area contributed by atoms with Crippen molar-refractivity contribution in [2.75, 3.05) is 6.61 Å². The summed E-state index contributed by atoms with van der Waals surface area (Å²) >= 11 is 0. The zero-order chi connectivity index (χ0) is 15.9. The lowest BCUT2D eigenvalue weighted by Gasteiger charge is -1.99. The average molecular weight is 297 g/mol. The summed E-state index contributed by atoms with van der Waals surface area (Å²) in [6.07, 6.45) is 2.64. The second-order valence-corrected chi connectivity index (χ2v) is 4.24. The standard InChI is InChI=1S/C17H12FNO3/c1-2-9-21-17(20)12(11-19)10-13-7-8-16(22-13)14-5-3-4-6-15(14)18/h2-8,10H,1,9H2/b12-10+. The normalized spacial score (nSPS) is 10.8. The smallest absolute Gasteiger partial charge is 0.349 e. The second kappa shape index (κ2) is 7.04. The molecule has 0 N–H and O–H groups in total. The fourth-order valence-electron chi connectivity index (χ4n) is 1.73. The predicted molar refractivity (Wildman–Crippen MR) is 78.8 cm³/mol. The summed E-state index contributed by atoms with van der Waals surface area (Å²) in [7, 11) is 0. The van der Waals surface area contributed by atoms with Crippen LogP contribution in [0.5, 0.6) is 0 Å². The van der Waals surface area contributed by atoms with E-state index in [2.05, 4.69) is 6.58 Å². The van der Waals surface area contributed by atoms with Crippen LogP contribution in [0.15, 0.2) is 59.0 Å². The van der Waals surface area contributed by atoms with Crippen molar-refractivity contribution in [2.24, 2.45) is 0 Å². The van der Waals surface area contributed by atoms with E-state index < -0.39 is 11.8 Å². The quantitative estimate of drug-likeness (QED) is 0.365. The molecule has 0 spiro atoms. The molecule has 110 valence electrons. The summed E-state index contributed by atoms with van der Waals surface area (Å²) in [6, 6.07) is 11.0. The van der Waals surface area contributed by atoms with Gasteiger partial charge in [-0.15, -0.1) is 0 Å². The summed E-state index contributed by atoms with van der Waals surface area (Å²) in [5, 5.41) is 8.98. The number of esters is 1. The minimum absolute atomic E-state index is 0.0104. The van der Waals surface area contributed by atoms with Gasteiger partial charge in [0.1, 0.15) is 35.6 Å². The molecular formula is C17H12FNO3. The monoisotopic (exact) mass is 297 g/mol. The van der Waals surface area contributed by atoms with Gasteiger partial charge in [-0.2, -0.15) is 5.26 Å². The number of nitriles is 1. The van der Waals surface area contributed by atoms with Crippen LogP contribution in [-0.4, -0.2) is 12.6 Å². The Bertz CT molecular complexity index is 768. The number of furan rings is 1. The molecule has 0 amide bonds. The maximum atomic E-state index is 13.7. The predicted octanol–water partition coefficient (Wildman–Crippen LogP) is 3.72. The molecule has 2 rings (SSSR count). The number of hydrogen-bond donors (Lipinski definition) is 0. The molecule has 1 aromatic carbocycles. The van der Waals surface area contributed by atoms with Crippen molar-refractivity contribution in [3.63, 3.8) is 0 Å². The van der Waals surface area contributed by atoms with Crippen LogP contribution >= 0.6 is 0 Å². The van der Waals surface area contributed by atoms with Crippen molar-refractivity contribution in [3.8, 4) is 17.4 Å². The Hall–Kier alpha value is -3.13. The Morgan fingerprint density at radius 1 is 1.36 bits per heavy atom. The maximum Gasteiger partial charge on any atom is 0.349 e. The van der Waals surface area contributed by atoms with Crippen molar-refractivity contribution >= 4 is 12.0 Å². The van der Waals surface area contributed by atoms with E-state index in [9.17, 15) is 9.18 Å². The molecule has 0 aliphatic carbocycles. The molecule has 0 bridgehead atoms. The first-order valence-electron chi connectivity index (χ1n) is 6.40. The number of nitrogens with zero attached hydrogens (tertiary/aromatic N) is 1. The van der Waals surface area contributed by atoms with Gasteiger partial charge in [-0.25, -0.2) is 9.18 Å². The number of rotatable bonds is 5. The molecule has 0 atom stereocenters. The van der Waals surface area contributed by atoms with Gasteiger partial charge in [-0.3, -0.25) is 0 Å². The summed E-state index contributed by atoms with van der Waals surface area (Å²) in [6.45, 7) is 3.42. The highest BCUT2D eigenvalue weighted by Gasteiger charge is 2.13. The highest BCUT2D eigenvalue weighted by molar-refractivity contribution is 5.97. The molecule has 1 aromatic heterocycles. The molecular weight excluding hydrogens is 285 g/mol. The summed E-state index contributed by atoms with van der Waals surface area (Å²) in [5.41, 5.74) is 0.0891. The van der Waals surface area contributed by atoms with Crippen molar-refractivity contribution in [1.82, 2.24) is 0 Å². The van der Waals surface area contributed by atoms with Gasteiger partial charge in [0.25, 0.3) is 0 Å². The van der Waals surface area contributed by atoms with Crippen LogP contribution in [0, 0.1) is 17.1 Å². The van der Waals surface area contributed by atoms with Gasteiger partial charge in [0.2, 0.25) is 0 Å². The van der Waals surface area contributed by atoms with Gasteiger partial charge in [0.05, 0.1) is 5.56 Å². The highest BCUT2D eigenvalue weighted by atomic mass is 19.1. The second-order valence-electron chi connectivity index (χ2n) is 4.24. The molecule has 0 saturated heterocycles. The van der Waals surface area contributed by atoms with Gasteiger partial charge >= 0.3 is 5.97 Å². The number of hydrogen-bond acceptors (Lipinski definition) is 4. The van der Waals surface area contributed by atoms with Crippen LogP contribution in [0.3, 0.4) is 0 Å². The molecule has 4 nitrogen and oxygen atoms in total. The molecule has 0 radical (unpaired) electrons. The maximum absolute atomic E-state index is 13.7. The van der Waals surface area contributed by atoms with E-state index in [1.807, 2.05) is 0 Å². The minimum Gasteiger partial charge on any atom is -0.457 e. The molecule has 0 saturated carbocycles. The fourth-order valence-corrected chi connectivity index (χ4v) is 1.73. The Labute approximate surface area is 126 Å². The van der Waals surface area contributed by atoms with E-state index in [-0.39, 0.29) is 17.9 Å². The molecule has 0 aliphatic heterocycles. The van der Waals surface area contributed by atoms with E-state index in [1.54, 1.807) is 36.4 Å². The third-order valence-electron chi connectivity index (χ3n) is 2.73. The number of halogens is 1. The number of benzene rings is 1. The van der Waals surface area contributed by atoms with Crippen LogP contribution in [0.1, 0.15) is 5.76 Å². The molecule has 0 aliphatic rings. The largest absolute Gasteiger partial charge is 0.457 e. The first-order valence-corrected chi connectivity index (χ1v) is 6.40. The lowest BCUT2D eigenvalue weighted by atomic mass is 10.1. The topological polar surface area (TPSA) is 63.2 Å². The van der Waals surface area contributed by atoms with Gasteiger partial charge in [0.15, 0.2) is 0 Å². The van der Waals surface area contributed by atoms with Crippen LogP contribution in [0.25, 0.3) is 17.4 Å². The Morgan fingerprint density at radius 2 is 2.14 bits per heavy atom. The van der Waals surface area contributed by atoms with Crippen LogP contribution < -0.4 is 0 Å².